The number of fused-ring (bicyclic) bond motifs is 2. The fraction of sp³-hybridized carbons (Fsp3) is 0.212. The first kappa shape index (κ1) is 40.9. The number of ketones is 1. The number of primary sulfonamides is 1. The zero-order chi connectivity index (χ0) is 40.8. The number of hydrogen-bond donors (Lipinski definition) is 4. The normalized spacial score (nSPS) is 15.9. The van der Waals surface area contributed by atoms with Gasteiger partial charge in [0.2, 0.25) is 26.8 Å². The number of benzene rings is 3. The van der Waals surface area contributed by atoms with Gasteiger partial charge in [0.1, 0.15) is 20.5 Å². The van der Waals surface area contributed by atoms with E-state index in [0.29, 0.717) is 29.3 Å². The molecule has 3 aromatic carbocycles. The lowest BCUT2D eigenvalue weighted by molar-refractivity contribution is -0.139. The molecule has 56 heavy (non-hydrogen) atoms. The third-order valence-corrected chi connectivity index (χ3v) is 13.6. The van der Waals surface area contributed by atoms with Gasteiger partial charge in [0.05, 0.1) is 27.2 Å². The van der Waals surface area contributed by atoms with Crippen molar-refractivity contribution in [2.75, 3.05) is 16.8 Å². The molecule has 2 aliphatic rings. The number of Topliss-reactive ketones (excluding diaryl/α,β-unsaturated/α-hetero) is 1. The van der Waals surface area contributed by atoms with E-state index in [1.165, 1.54) is 6.07 Å². The molecule has 2 aliphatic heterocycles. The molecule has 0 radical (unpaired) electrons. The standard InChI is InChI=1S/C18H15ClN2O6S2.C15H14F3N3O4S2/c1-9-5-13-14(26-8-25-13)7-11(9)6-12(22)17-15(3-4-28-17)29(23,24)21-18-16(19)10(2)20-27-18;16-15(17,18)10-7-11-13(8-12(10)26(19,22)23)27(24,25)21-14(20-11)6-9-4-2-1-3-5-9/h3-5,7,21H,6,8H2,1-2H3;1-5,7-8,14,20-21H,6H2,(H2,19,22,23). The van der Waals surface area contributed by atoms with E-state index < -0.39 is 57.8 Å². The van der Waals surface area contributed by atoms with Crippen LogP contribution in [0.15, 0.2) is 85.3 Å². The molecule has 1 atom stereocenters. The minimum absolute atomic E-state index is 0.0215. The number of aromatic nitrogens is 1. The molecule has 7 rings (SSSR count). The summed E-state index contributed by atoms with van der Waals surface area (Å²) >= 11 is 7.03. The van der Waals surface area contributed by atoms with Gasteiger partial charge in [-0.1, -0.05) is 47.1 Å². The summed E-state index contributed by atoms with van der Waals surface area (Å²) in [6.45, 7) is 3.57. The number of carbonyl (C=O) groups is 1. The molecule has 5 aromatic rings. The summed E-state index contributed by atoms with van der Waals surface area (Å²) in [5, 5.41) is 12.7. The SMILES string of the molecule is Cc1cc2c(cc1CC(=O)c1sccc1S(=O)(=O)Nc1onc(C)c1Cl)OCO2.NS(=O)(=O)c1cc2c(cc1C(F)(F)F)NC(Cc1ccccc1)NS2(=O)=O. The molecule has 0 fully saturated rings. The van der Waals surface area contributed by atoms with Crippen molar-refractivity contribution in [3.8, 4) is 11.5 Å². The molecule has 5 N–H and O–H groups in total. The van der Waals surface area contributed by atoms with Gasteiger partial charge < -0.3 is 19.3 Å². The Morgan fingerprint density at radius 2 is 1.71 bits per heavy atom. The Morgan fingerprint density at radius 3 is 2.34 bits per heavy atom. The number of nitrogens with two attached hydrogens (primary N) is 1. The highest BCUT2D eigenvalue weighted by Crippen LogP contribution is 2.40. The van der Waals surface area contributed by atoms with Crippen molar-refractivity contribution >= 4 is 70.4 Å². The van der Waals surface area contributed by atoms with Crippen LogP contribution in [0.3, 0.4) is 0 Å². The maximum atomic E-state index is 13.3. The van der Waals surface area contributed by atoms with E-state index in [4.69, 9.17) is 30.7 Å². The Morgan fingerprint density at radius 1 is 1.04 bits per heavy atom. The van der Waals surface area contributed by atoms with Crippen LogP contribution >= 0.6 is 22.9 Å². The predicted molar refractivity (Wildman–Crippen MR) is 197 cm³/mol. The molecule has 23 heteroatoms. The highest BCUT2D eigenvalue weighted by molar-refractivity contribution is 7.93. The Kier molecular flexibility index (Phi) is 11.2. The van der Waals surface area contributed by atoms with Gasteiger partial charge in [-0.25, -0.2) is 35.1 Å². The molecule has 0 bridgehead atoms. The van der Waals surface area contributed by atoms with Crippen molar-refractivity contribution in [3.05, 3.63) is 104 Å². The number of alkyl halides is 3. The number of rotatable bonds is 9. The Hall–Kier alpha value is -4.71. The average molecular weight is 876 g/mol. The molecule has 2 aromatic heterocycles. The van der Waals surface area contributed by atoms with Crippen LogP contribution < -0.4 is 29.4 Å². The van der Waals surface area contributed by atoms with E-state index in [1.807, 2.05) is 6.92 Å². The van der Waals surface area contributed by atoms with Crippen LogP contribution in [-0.4, -0.2) is 49.2 Å². The van der Waals surface area contributed by atoms with Crippen molar-refractivity contribution in [1.29, 1.82) is 0 Å². The van der Waals surface area contributed by atoms with Gasteiger partial charge in [0.25, 0.3) is 15.9 Å². The number of halogens is 4. The zero-order valence-electron chi connectivity index (χ0n) is 28.8. The molecule has 298 valence electrons. The molecule has 0 amide bonds. The second-order valence-corrected chi connectivity index (χ2v) is 18.4. The van der Waals surface area contributed by atoms with Gasteiger partial charge >= 0.3 is 6.18 Å². The Labute approximate surface area is 327 Å². The molecular weight excluding hydrogens is 847 g/mol. The van der Waals surface area contributed by atoms with Gasteiger partial charge in [0.15, 0.2) is 17.3 Å². The molecule has 4 heterocycles. The lowest BCUT2D eigenvalue weighted by atomic mass is 10.0. The summed E-state index contributed by atoms with van der Waals surface area (Å²) in [7, 11) is -13.1. The molecule has 0 saturated carbocycles. The van der Waals surface area contributed by atoms with Crippen molar-refractivity contribution < 1.29 is 57.2 Å². The van der Waals surface area contributed by atoms with Gasteiger partial charge in [-0.3, -0.25) is 4.79 Å². The van der Waals surface area contributed by atoms with Gasteiger partial charge in [-0.05, 0) is 66.2 Å². The Balaban J connectivity index is 0.000000190. The van der Waals surface area contributed by atoms with Crippen LogP contribution in [0.4, 0.5) is 24.7 Å². The number of ether oxygens (including phenoxy) is 2. The fourth-order valence-electron chi connectivity index (χ4n) is 5.60. The zero-order valence-corrected chi connectivity index (χ0v) is 32.8. The first-order chi connectivity index (χ1) is 26.1. The lowest BCUT2D eigenvalue weighted by Crippen LogP contribution is -2.46. The number of aryl methyl sites for hydroxylation is 2. The topological polar surface area (TPSA) is 226 Å². The molecule has 0 saturated heterocycles. The number of nitrogens with zero attached hydrogens (tertiary/aromatic N) is 1. The number of anilines is 2. The smallest absolute Gasteiger partial charge is 0.417 e. The largest absolute Gasteiger partial charge is 0.454 e. The van der Waals surface area contributed by atoms with Crippen molar-refractivity contribution in [1.82, 2.24) is 9.88 Å². The van der Waals surface area contributed by atoms with Crippen LogP contribution in [0.5, 0.6) is 11.5 Å². The fourth-order valence-corrected chi connectivity index (χ4v) is 10.3. The number of thiophene rings is 1. The number of nitrogens with one attached hydrogen (secondary N) is 3. The summed E-state index contributed by atoms with van der Waals surface area (Å²) in [5.74, 6) is 0.665. The maximum absolute atomic E-state index is 13.3. The van der Waals surface area contributed by atoms with E-state index >= 15 is 0 Å². The Bertz CT molecular complexity index is 2670. The number of carbonyl (C=O) groups excluding carboxylic acids is 1. The second-order valence-electron chi connectivity index (χ2n) is 12.3. The van der Waals surface area contributed by atoms with E-state index in [0.717, 1.165) is 28.0 Å². The van der Waals surface area contributed by atoms with Gasteiger partial charge in [0, 0.05) is 12.8 Å². The summed E-state index contributed by atoms with van der Waals surface area (Å²) in [6, 6.07) is 14.5. The maximum Gasteiger partial charge on any atom is 0.417 e. The highest BCUT2D eigenvalue weighted by atomic mass is 35.5. The third-order valence-electron chi connectivity index (χ3n) is 8.26. The molecule has 15 nitrogen and oxygen atoms in total. The lowest BCUT2D eigenvalue weighted by Gasteiger charge is -2.29. The van der Waals surface area contributed by atoms with E-state index in [2.05, 4.69) is 19.9 Å². The van der Waals surface area contributed by atoms with Crippen molar-refractivity contribution in [2.24, 2.45) is 5.14 Å². The third kappa shape index (κ3) is 8.80. The van der Waals surface area contributed by atoms with Crippen molar-refractivity contribution in [3.63, 3.8) is 0 Å². The minimum atomic E-state index is -5.04. The van der Waals surface area contributed by atoms with Crippen LogP contribution in [0.25, 0.3) is 0 Å². The summed E-state index contributed by atoms with van der Waals surface area (Å²) in [4.78, 5) is 10.9. The predicted octanol–water partition coefficient (Wildman–Crippen LogP) is 5.59. The van der Waals surface area contributed by atoms with Crippen LogP contribution in [0, 0.1) is 13.8 Å². The monoisotopic (exact) mass is 875 g/mol. The van der Waals surface area contributed by atoms with E-state index in [-0.39, 0.29) is 51.8 Å². The van der Waals surface area contributed by atoms with E-state index in [9.17, 15) is 43.2 Å². The average Bonchev–Trinajstić information content (AvgIpc) is 3.86. The molecule has 0 aliphatic carbocycles. The highest BCUT2D eigenvalue weighted by Gasteiger charge is 2.40. The van der Waals surface area contributed by atoms with Crippen LogP contribution in [0.2, 0.25) is 5.02 Å². The van der Waals surface area contributed by atoms with Crippen LogP contribution in [0.1, 0.15) is 37.6 Å². The molecule has 0 spiro atoms. The summed E-state index contributed by atoms with van der Waals surface area (Å²) in [6.07, 6.45) is -5.76. The minimum Gasteiger partial charge on any atom is -0.454 e. The second kappa shape index (κ2) is 15.3. The number of hydrogen-bond acceptors (Lipinski definition) is 13. The van der Waals surface area contributed by atoms with E-state index in [1.54, 1.807) is 54.8 Å². The summed E-state index contributed by atoms with van der Waals surface area (Å²) < 4.78 is 133. The van der Waals surface area contributed by atoms with Gasteiger partial charge in [-0.2, -0.15) is 17.9 Å². The number of sulfonamides is 3. The van der Waals surface area contributed by atoms with Crippen LogP contribution in [-0.2, 0) is 49.1 Å². The summed E-state index contributed by atoms with van der Waals surface area (Å²) in [5.41, 5.74) is 0.798. The van der Waals surface area contributed by atoms with Crippen molar-refractivity contribution in [2.45, 2.75) is 53.7 Å². The first-order valence-corrected chi connectivity index (χ1v) is 21.7. The molecule has 1 unspecified atom stereocenters. The first-order valence-electron chi connectivity index (χ1n) is 15.9. The molecular formula is C33H29ClF3N5O10S4. The van der Waals surface area contributed by atoms with Gasteiger partial charge in [-0.15, -0.1) is 11.3 Å². The quantitative estimate of drug-likeness (QED) is 0.133.